The number of ketones is 1. The number of hydrogen-bond acceptors (Lipinski definition) is 5. The van der Waals surface area contributed by atoms with Crippen LogP contribution in [0.1, 0.15) is 26.7 Å². The molecule has 6 nitrogen and oxygen atoms in total. The van der Waals surface area contributed by atoms with E-state index in [-0.39, 0.29) is 17.6 Å². The second kappa shape index (κ2) is 5.90. The third-order valence-electron chi connectivity index (χ3n) is 3.18. The van der Waals surface area contributed by atoms with E-state index in [0.29, 0.717) is 31.7 Å². The van der Waals surface area contributed by atoms with Gasteiger partial charge in [-0.2, -0.15) is 0 Å². The van der Waals surface area contributed by atoms with Crippen LogP contribution in [0.5, 0.6) is 5.75 Å². The highest BCUT2D eigenvalue weighted by atomic mass is 16.6. The molecule has 6 heteroatoms. The molecule has 0 amide bonds. The largest absolute Gasteiger partial charge is 0.489 e. The van der Waals surface area contributed by atoms with Gasteiger partial charge >= 0.3 is 0 Å². The summed E-state index contributed by atoms with van der Waals surface area (Å²) in [6.07, 6.45) is 0.957. The Balaban J connectivity index is 2.30. The van der Waals surface area contributed by atoms with Crippen LogP contribution in [-0.2, 0) is 4.79 Å². The van der Waals surface area contributed by atoms with E-state index in [9.17, 15) is 14.9 Å². The molecule has 1 aromatic rings. The molecule has 0 N–H and O–H groups in total. The fourth-order valence-electron chi connectivity index (χ4n) is 2.22. The van der Waals surface area contributed by atoms with Crippen molar-refractivity contribution in [2.75, 3.05) is 18.0 Å². The Morgan fingerprint density at radius 2 is 1.95 bits per heavy atom. The summed E-state index contributed by atoms with van der Waals surface area (Å²) in [4.78, 5) is 23.8. The number of carbonyl (C=O) groups excluding carboxylic acids is 1. The van der Waals surface area contributed by atoms with Crippen molar-refractivity contribution in [1.82, 2.24) is 0 Å². The highest BCUT2D eigenvalue weighted by molar-refractivity contribution is 5.81. The van der Waals surface area contributed by atoms with Crippen LogP contribution in [0.2, 0.25) is 0 Å². The van der Waals surface area contributed by atoms with Crippen molar-refractivity contribution >= 4 is 17.2 Å². The molecular weight excluding hydrogens is 260 g/mol. The maximum atomic E-state index is 11.3. The molecule has 20 heavy (non-hydrogen) atoms. The van der Waals surface area contributed by atoms with Gasteiger partial charge in [-0.1, -0.05) is 0 Å². The third kappa shape index (κ3) is 3.26. The average molecular weight is 278 g/mol. The maximum Gasteiger partial charge on any atom is 0.273 e. The minimum atomic E-state index is -0.434. The molecule has 1 aliphatic rings. The summed E-state index contributed by atoms with van der Waals surface area (Å²) in [7, 11) is 0. The number of nitrogens with zero attached hydrogens (tertiary/aromatic N) is 2. The highest BCUT2D eigenvalue weighted by Crippen LogP contribution is 2.34. The molecule has 0 bridgehead atoms. The van der Waals surface area contributed by atoms with E-state index in [1.54, 1.807) is 6.07 Å². The minimum absolute atomic E-state index is 0.0116. The molecule has 2 rings (SSSR count). The van der Waals surface area contributed by atoms with Crippen molar-refractivity contribution in [3.63, 3.8) is 0 Å². The summed E-state index contributed by atoms with van der Waals surface area (Å²) in [6, 6.07) is 4.62. The molecule has 1 fully saturated rings. The van der Waals surface area contributed by atoms with E-state index in [1.807, 2.05) is 18.7 Å². The van der Waals surface area contributed by atoms with Crippen LogP contribution >= 0.6 is 0 Å². The first-order valence-electron chi connectivity index (χ1n) is 6.69. The molecule has 1 aliphatic heterocycles. The second-order valence-electron chi connectivity index (χ2n) is 5.10. The van der Waals surface area contributed by atoms with Crippen molar-refractivity contribution in [2.24, 2.45) is 0 Å². The van der Waals surface area contributed by atoms with Crippen molar-refractivity contribution < 1.29 is 14.5 Å². The summed E-state index contributed by atoms with van der Waals surface area (Å²) < 4.78 is 5.69. The van der Waals surface area contributed by atoms with E-state index in [4.69, 9.17) is 4.74 Å². The van der Waals surface area contributed by atoms with Gasteiger partial charge in [-0.05, 0) is 19.9 Å². The van der Waals surface area contributed by atoms with Crippen LogP contribution in [0.3, 0.4) is 0 Å². The number of rotatable bonds is 4. The molecule has 108 valence electrons. The minimum Gasteiger partial charge on any atom is -0.489 e. The van der Waals surface area contributed by atoms with Gasteiger partial charge in [-0.25, -0.2) is 0 Å². The number of carbonyl (C=O) groups is 1. The lowest BCUT2D eigenvalue weighted by Gasteiger charge is -2.30. The fourth-order valence-corrected chi connectivity index (χ4v) is 2.22. The predicted molar refractivity (Wildman–Crippen MR) is 75.3 cm³/mol. The topological polar surface area (TPSA) is 72.7 Å². The van der Waals surface area contributed by atoms with Crippen LogP contribution in [0.4, 0.5) is 11.4 Å². The van der Waals surface area contributed by atoms with Crippen LogP contribution < -0.4 is 9.64 Å². The Kier molecular flexibility index (Phi) is 4.22. The Morgan fingerprint density at radius 1 is 1.30 bits per heavy atom. The second-order valence-corrected chi connectivity index (χ2v) is 5.10. The molecule has 1 heterocycles. The van der Waals surface area contributed by atoms with E-state index >= 15 is 0 Å². The maximum absolute atomic E-state index is 11.3. The Labute approximate surface area is 117 Å². The molecule has 1 aromatic carbocycles. The van der Waals surface area contributed by atoms with Gasteiger partial charge in [0.15, 0.2) is 0 Å². The molecule has 0 radical (unpaired) electrons. The van der Waals surface area contributed by atoms with Crippen molar-refractivity contribution in [3.05, 3.63) is 28.3 Å². The van der Waals surface area contributed by atoms with Crippen LogP contribution in [0.25, 0.3) is 0 Å². The van der Waals surface area contributed by atoms with E-state index in [0.717, 1.165) is 5.69 Å². The number of Topliss-reactive ketones (excluding diaryl/α,β-unsaturated/α-hetero) is 1. The van der Waals surface area contributed by atoms with Gasteiger partial charge in [0.05, 0.1) is 22.8 Å². The quantitative estimate of drug-likeness (QED) is 0.625. The molecule has 0 atom stereocenters. The number of non-ortho nitro benzene ring substituents is 1. The summed E-state index contributed by atoms with van der Waals surface area (Å²) >= 11 is 0. The fraction of sp³-hybridized carbons (Fsp3) is 0.500. The van der Waals surface area contributed by atoms with Crippen LogP contribution in [0, 0.1) is 10.1 Å². The predicted octanol–water partition coefficient (Wildman–Crippen LogP) is 2.55. The lowest BCUT2D eigenvalue weighted by molar-refractivity contribution is -0.384. The Morgan fingerprint density at radius 3 is 2.50 bits per heavy atom. The average Bonchev–Trinajstić information content (AvgIpc) is 2.39. The molecule has 0 spiro atoms. The van der Waals surface area contributed by atoms with Gasteiger partial charge in [0.2, 0.25) is 0 Å². The first-order chi connectivity index (χ1) is 9.47. The molecule has 0 saturated carbocycles. The number of ether oxygens (including phenoxy) is 1. The molecule has 0 unspecified atom stereocenters. The van der Waals surface area contributed by atoms with Gasteiger partial charge in [-0.15, -0.1) is 0 Å². The first-order valence-corrected chi connectivity index (χ1v) is 6.69. The van der Waals surface area contributed by atoms with E-state index < -0.39 is 4.92 Å². The van der Waals surface area contributed by atoms with E-state index in [1.165, 1.54) is 12.1 Å². The SMILES string of the molecule is CC(C)Oc1cc([N+](=O)[O-])ccc1N1CCC(=O)CC1. The van der Waals surface area contributed by atoms with Crippen molar-refractivity contribution in [2.45, 2.75) is 32.8 Å². The zero-order valence-corrected chi connectivity index (χ0v) is 11.7. The summed E-state index contributed by atoms with van der Waals surface area (Å²) in [5.74, 6) is 0.762. The van der Waals surface area contributed by atoms with Crippen molar-refractivity contribution in [1.29, 1.82) is 0 Å². The number of benzene rings is 1. The number of piperidine rings is 1. The standard InChI is InChI=1S/C14H18N2O4/c1-10(2)20-14-9-11(16(18)19)3-4-13(14)15-7-5-12(17)6-8-15/h3-4,9-10H,5-8H2,1-2H3. The molecule has 1 saturated heterocycles. The van der Waals surface area contributed by atoms with Crippen LogP contribution in [0.15, 0.2) is 18.2 Å². The summed E-state index contributed by atoms with van der Waals surface area (Å²) in [5, 5.41) is 10.9. The highest BCUT2D eigenvalue weighted by Gasteiger charge is 2.21. The van der Waals surface area contributed by atoms with E-state index in [2.05, 4.69) is 0 Å². The van der Waals surface area contributed by atoms with Gasteiger partial charge in [-0.3, -0.25) is 14.9 Å². The number of hydrogen-bond donors (Lipinski definition) is 0. The zero-order valence-electron chi connectivity index (χ0n) is 11.7. The van der Waals surface area contributed by atoms with Gasteiger partial charge in [0.1, 0.15) is 11.5 Å². The first kappa shape index (κ1) is 14.3. The van der Waals surface area contributed by atoms with Gasteiger partial charge in [0, 0.05) is 32.0 Å². The number of nitro benzene ring substituents is 1. The lowest BCUT2D eigenvalue weighted by Crippen LogP contribution is -2.34. The monoisotopic (exact) mass is 278 g/mol. The van der Waals surface area contributed by atoms with Crippen molar-refractivity contribution in [3.8, 4) is 5.75 Å². The smallest absolute Gasteiger partial charge is 0.273 e. The van der Waals surface area contributed by atoms with Gasteiger partial charge in [0.25, 0.3) is 5.69 Å². The normalized spacial score (nSPS) is 15.6. The van der Waals surface area contributed by atoms with Gasteiger partial charge < -0.3 is 9.64 Å². The third-order valence-corrected chi connectivity index (χ3v) is 3.18. The molecule has 0 aromatic heterocycles. The number of nitro groups is 1. The Hall–Kier alpha value is -2.11. The number of anilines is 1. The Bertz CT molecular complexity index is 518. The summed E-state index contributed by atoms with van der Waals surface area (Å²) in [5.41, 5.74) is 0.828. The summed E-state index contributed by atoms with van der Waals surface area (Å²) in [6.45, 7) is 5.01. The van der Waals surface area contributed by atoms with Crippen LogP contribution in [-0.4, -0.2) is 29.9 Å². The molecular formula is C14H18N2O4. The zero-order chi connectivity index (χ0) is 14.7. The lowest BCUT2D eigenvalue weighted by atomic mass is 10.1. The molecule has 0 aliphatic carbocycles.